The number of ether oxygens (including phenoxy) is 4. The van der Waals surface area contributed by atoms with Crippen LogP contribution in [-0.4, -0.2) is 137 Å². The number of nitrogens with two attached hydrogens (primary N) is 1. The highest BCUT2D eigenvalue weighted by molar-refractivity contribution is 9.10. The second-order valence-corrected chi connectivity index (χ2v) is 15.0. The van der Waals surface area contributed by atoms with Crippen molar-refractivity contribution >= 4 is 61.9 Å². The summed E-state index contributed by atoms with van der Waals surface area (Å²) in [5, 5.41) is 10.6. The second-order valence-electron chi connectivity index (χ2n) is 14.1. The number of aromatic nitrogens is 5. The molecule has 1 saturated carbocycles. The Labute approximate surface area is 349 Å². The summed E-state index contributed by atoms with van der Waals surface area (Å²) in [6.07, 6.45) is 5.29. The van der Waals surface area contributed by atoms with E-state index in [2.05, 4.69) is 46.6 Å². The number of pyridine rings is 1. The minimum absolute atomic E-state index is 0.000760. The Bertz CT molecular complexity index is 2120. The van der Waals surface area contributed by atoms with Crippen molar-refractivity contribution in [3.05, 3.63) is 64.9 Å². The minimum Gasteiger partial charge on any atom is -0.378 e. The summed E-state index contributed by atoms with van der Waals surface area (Å²) in [5.41, 5.74) is 7.61. The van der Waals surface area contributed by atoms with Crippen LogP contribution < -0.4 is 16.4 Å². The first kappa shape index (κ1) is 43.5. The number of carbonyl (C=O) groups is 5. The van der Waals surface area contributed by atoms with Crippen molar-refractivity contribution in [3.63, 3.8) is 0 Å². The monoisotopic (exact) mass is 877 g/mol. The number of halogens is 1. The van der Waals surface area contributed by atoms with Gasteiger partial charge in [0.1, 0.15) is 47.7 Å². The van der Waals surface area contributed by atoms with Crippen LogP contribution in [0.4, 0.5) is 5.82 Å². The fourth-order valence-electron chi connectivity index (χ4n) is 6.83. The topological polar surface area (TPSA) is 232 Å². The fourth-order valence-corrected chi connectivity index (χ4v) is 7.17. The summed E-state index contributed by atoms with van der Waals surface area (Å²) in [6.45, 7) is 3.85. The number of Topliss-reactive ketones (excluding diaryl/α,β-unsaturated/α-hetero) is 2. The van der Waals surface area contributed by atoms with Crippen LogP contribution in [0.3, 0.4) is 0 Å². The van der Waals surface area contributed by atoms with E-state index in [0.717, 1.165) is 12.0 Å². The summed E-state index contributed by atoms with van der Waals surface area (Å²) < 4.78 is 23.3. The molecule has 1 aliphatic carbocycles. The first-order chi connectivity index (χ1) is 28.6. The van der Waals surface area contributed by atoms with Crippen molar-refractivity contribution in [2.75, 3.05) is 71.3 Å². The fraction of sp³-hybridized carbons (Fsp3) is 0.475. The maximum atomic E-state index is 13.8. The lowest BCUT2D eigenvalue weighted by molar-refractivity contribution is -0.138. The molecule has 4 heterocycles. The molecule has 4 aromatic rings. The Balaban J connectivity index is 0.939. The van der Waals surface area contributed by atoms with E-state index >= 15 is 0 Å². The van der Waals surface area contributed by atoms with E-state index in [1.807, 2.05) is 12.1 Å². The molecule has 0 unspecified atom stereocenters. The maximum absolute atomic E-state index is 13.8. The van der Waals surface area contributed by atoms with Gasteiger partial charge in [0.25, 0.3) is 0 Å². The molecule has 18 nitrogen and oxygen atoms in total. The smallest absolute Gasteiger partial charge is 0.248 e. The van der Waals surface area contributed by atoms with Gasteiger partial charge in [0.2, 0.25) is 17.7 Å². The van der Waals surface area contributed by atoms with Gasteiger partial charge in [0, 0.05) is 62.2 Å². The van der Waals surface area contributed by atoms with Gasteiger partial charge in [-0.25, -0.2) is 15.0 Å². The number of likely N-dealkylation sites (tertiary alicyclic amines) is 1. The quantitative estimate of drug-likeness (QED) is 0.0520. The molecule has 1 aromatic carbocycles. The largest absolute Gasteiger partial charge is 0.378 e. The zero-order valence-electron chi connectivity index (χ0n) is 32.8. The van der Waals surface area contributed by atoms with E-state index < -0.39 is 6.04 Å². The lowest BCUT2D eigenvalue weighted by Gasteiger charge is -2.26. The van der Waals surface area contributed by atoms with E-state index in [4.69, 9.17) is 24.7 Å². The summed E-state index contributed by atoms with van der Waals surface area (Å²) in [4.78, 5) is 78.8. The van der Waals surface area contributed by atoms with Crippen LogP contribution in [0.5, 0.6) is 0 Å². The zero-order valence-corrected chi connectivity index (χ0v) is 34.4. The Kier molecular flexibility index (Phi) is 15.7. The molecular weight excluding hydrogens is 830 g/mol. The maximum Gasteiger partial charge on any atom is 0.248 e. The number of hydrogen-bond donors (Lipinski definition) is 3. The van der Waals surface area contributed by atoms with Crippen molar-refractivity contribution in [2.45, 2.75) is 51.2 Å². The van der Waals surface area contributed by atoms with E-state index in [1.165, 1.54) is 11.6 Å². The van der Waals surface area contributed by atoms with Crippen LogP contribution >= 0.6 is 15.9 Å². The standard InChI is InChI=1S/C40H48BrN9O9/c1-25(51)39-30-17-26(5-7-31(30)49(48-39)22-38(54)50-32-18-27(32)19-33(50)40(55)47-36-4-2-3-34(41)46-36)28-20-44-35(45-21-28)8-6-29(52)23-58-15-14-57-12-10-43-37(53)24-59-16-13-56-11-9-42/h2-5,7,17,20-21,27,32-33H,6,8-16,18-19,22-24,42H2,1H3,(H,43,53)(H,46,47,55)/t27-,32-,33+/m1/s1. The lowest BCUT2D eigenvalue weighted by atomic mass is 10.0. The molecule has 4 N–H and O–H groups in total. The Hall–Kier alpha value is -5.05. The molecule has 0 bridgehead atoms. The van der Waals surface area contributed by atoms with Crippen LogP contribution in [0.25, 0.3) is 22.0 Å². The number of benzene rings is 1. The van der Waals surface area contributed by atoms with Crippen molar-refractivity contribution in [1.29, 1.82) is 0 Å². The number of amides is 3. The zero-order chi connectivity index (χ0) is 41.7. The summed E-state index contributed by atoms with van der Waals surface area (Å²) in [6, 6.07) is 10.1. The van der Waals surface area contributed by atoms with Gasteiger partial charge in [-0.1, -0.05) is 12.1 Å². The summed E-state index contributed by atoms with van der Waals surface area (Å²) >= 11 is 3.32. The third-order valence-corrected chi connectivity index (χ3v) is 10.2. The molecule has 314 valence electrons. The SMILES string of the molecule is CC(=O)c1nn(CC(=O)N2[C@@H]3C[C@@H]3C[C@H]2C(=O)Nc2cccc(Br)n2)c2ccc(-c3cnc(CCC(=O)COCCOCCNC(=O)COCCOCCN)nc3)cc12. The van der Waals surface area contributed by atoms with Crippen molar-refractivity contribution in [3.8, 4) is 11.1 Å². The number of nitrogens with one attached hydrogen (secondary N) is 2. The third kappa shape index (κ3) is 12.2. The Morgan fingerprint density at radius 2 is 1.64 bits per heavy atom. The number of anilines is 1. The highest BCUT2D eigenvalue weighted by Crippen LogP contribution is 2.48. The Morgan fingerprint density at radius 3 is 2.39 bits per heavy atom. The number of carbonyl (C=O) groups excluding carboxylic acids is 5. The molecular formula is C40H48BrN9O9. The van der Waals surface area contributed by atoms with Crippen molar-refractivity contribution < 1.29 is 42.9 Å². The predicted molar refractivity (Wildman–Crippen MR) is 217 cm³/mol. The van der Waals surface area contributed by atoms with Gasteiger partial charge >= 0.3 is 0 Å². The molecule has 1 aliphatic heterocycles. The van der Waals surface area contributed by atoms with E-state index in [9.17, 15) is 24.0 Å². The van der Waals surface area contributed by atoms with Gasteiger partial charge in [-0.05, 0) is 64.5 Å². The molecule has 3 aromatic heterocycles. The summed E-state index contributed by atoms with van der Waals surface area (Å²) in [7, 11) is 0. The first-order valence-corrected chi connectivity index (χ1v) is 20.3. The van der Waals surface area contributed by atoms with E-state index in [1.54, 1.807) is 41.6 Å². The average Bonchev–Trinajstić information content (AvgIpc) is 3.73. The van der Waals surface area contributed by atoms with Crippen molar-refractivity contribution in [1.82, 2.24) is 34.9 Å². The number of fused-ring (bicyclic) bond motifs is 2. The third-order valence-electron chi connectivity index (χ3n) is 9.77. The lowest BCUT2D eigenvalue weighted by Crippen LogP contribution is -2.46. The van der Waals surface area contributed by atoms with Crippen LogP contribution in [0.15, 0.2) is 53.4 Å². The van der Waals surface area contributed by atoms with Gasteiger partial charge in [-0.2, -0.15) is 5.10 Å². The second kappa shape index (κ2) is 21.3. The minimum atomic E-state index is -0.627. The molecule has 3 atom stereocenters. The van der Waals surface area contributed by atoms with Crippen LogP contribution in [-0.2, 0) is 51.1 Å². The molecule has 19 heteroatoms. The Morgan fingerprint density at radius 1 is 0.898 bits per heavy atom. The molecule has 3 amide bonds. The predicted octanol–water partition coefficient (Wildman–Crippen LogP) is 2.12. The first-order valence-electron chi connectivity index (χ1n) is 19.5. The van der Waals surface area contributed by atoms with Gasteiger partial charge in [0.15, 0.2) is 11.6 Å². The molecule has 0 radical (unpaired) electrons. The average molecular weight is 879 g/mol. The number of rotatable bonds is 24. The highest BCUT2D eigenvalue weighted by Gasteiger charge is 2.56. The molecule has 59 heavy (non-hydrogen) atoms. The van der Waals surface area contributed by atoms with E-state index in [0.29, 0.717) is 85.1 Å². The number of nitrogens with zero attached hydrogens (tertiary/aromatic N) is 6. The van der Waals surface area contributed by atoms with Crippen molar-refractivity contribution in [2.24, 2.45) is 11.7 Å². The number of piperidine rings is 1. The van der Waals surface area contributed by atoms with Crippen LogP contribution in [0.2, 0.25) is 0 Å². The van der Waals surface area contributed by atoms with E-state index in [-0.39, 0.29) is 86.3 Å². The van der Waals surface area contributed by atoms with Gasteiger partial charge in [-0.3, -0.25) is 28.7 Å². The normalized spacial score (nSPS) is 16.9. The molecule has 6 rings (SSSR count). The molecule has 2 aliphatic rings. The van der Waals surface area contributed by atoms with Gasteiger partial charge < -0.3 is 40.2 Å². The number of aryl methyl sites for hydroxylation is 1. The van der Waals surface area contributed by atoms with Crippen LogP contribution in [0, 0.1) is 5.92 Å². The number of ketones is 2. The highest BCUT2D eigenvalue weighted by atomic mass is 79.9. The summed E-state index contributed by atoms with van der Waals surface area (Å²) in [5.74, 6) is 0.0274. The molecule has 0 spiro atoms. The molecule has 2 fully saturated rings. The number of hydrogen-bond acceptors (Lipinski definition) is 14. The molecule has 1 saturated heterocycles. The van der Waals surface area contributed by atoms with Gasteiger partial charge in [0.05, 0.1) is 45.2 Å². The van der Waals surface area contributed by atoms with Gasteiger partial charge in [-0.15, -0.1) is 0 Å². The van der Waals surface area contributed by atoms with Crippen LogP contribution in [0.1, 0.15) is 42.5 Å².